The summed E-state index contributed by atoms with van der Waals surface area (Å²) < 4.78 is 0. The van der Waals surface area contributed by atoms with Crippen LogP contribution in [0.1, 0.15) is 37.7 Å². The van der Waals surface area contributed by atoms with Crippen LogP contribution in [0.2, 0.25) is 0 Å². The van der Waals surface area contributed by atoms with Gasteiger partial charge in [-0.1, -0.05) is 67.8 Å². The van der Waals surface area contributed by atoms with Gasteiger partial charge in [0.25, 0.3) is 0 Å². The highest BCUT2D eigenvalue weighted by Gasteiger charge is 2.20. The number of nitrogens with one attached hydrogen (secondary N) is 1. The van der Waals surface area contributed by atoms with Gasteiger partial charge in [0, 0.05) is 29.0 Å². The number of carbonyl (C=O) groups excluding carboxylic acids is 1. The molecule has 0 atom stereocenters. The summed E-state index contributed by atoms with van der Waals surface area (Å²) in [6, 6.07) is 18.6. The Bertz CT molecular complexity index is 898. The van der Waals surface area contributed by atoms with Crippen molar-refractivity contribution in [3.8, 4) is 21.8 Å². The maximum Gasteiger partial charge on any atom is 0.223 e. The second-order valence-electron chi connectivity index (χ2n) is 7.16. The standard InChI is InChI=1S/C23H24N2OS/c26-22(19-11-5-2-6-12-19)24-15-17-8-7-13-20(14-17)23-25-21(16-27-23)18-9-3-1-4-10-18/h1,3-4,7-10,13-14,16,19H,2,5-6,11-12,15H2,(H,24,26). The molecule has 0 aliphatic heterocycles. The molecular formula is C23H24N2OS. The van der Waals surface area contributed by atoms with Gasteiger partial charge in [0.2, 0.25) is 5.91 Å². The molecule has 1 N–H and O–H groups in total. The zero-order chi connectivity index (χ0) is 18.5. The smallest absolute Gasteiger partial charge is 0.223 e. The van der Waals surface area contributed by atoms with Gasteiger partial charge >= 0.3 is 0 Å². The molecule has 1 fully saturated rings. The van der Waals surface area contributed by atoms with Crippen molar-refractivity contribution in [3.63, 3.8) is 0 Å². The van der Waals surface area contributed by atoms with E-state index in [1.807, 2.05) is 24.3 Å². The molecule has 27 heavy (non-hydrogen) atoms. The maximum absolute atomic E-state index is 12.4. The Hall–Kier alpha value is -2.46. The molecule has 0 bridgehead atoms. The molecule has 138 valence electrons. The van der Waals surface area contributed by atoms with E-state index in [1.54, 1.807) is 11.3 Å². The van der Waals surface area contributed by atoms with Gasteiger partial charge in [-0.05, 0) is 24.5 Å². The van der Waals surface area contributed by atoms with Crippen LogP contribution in [-0.4, -0.2) is 10.9 Å². The number of rotatable bonds is 5. The van der Waals surface area contributed by atoms with Crippen molar-refractivity contribution in [1.29, 1.82) is 0 Å². The van der Waals surface area contributed by atoms with E-state index < -0.39 is 0 Å². The highest BCUT2D eigenvalue weighted by molar-refractivity contribution is 7.13. The Kier molecular flexibility index (Phi) is 5.64. The van der Waals surface area contributed by atoms with Crippen LogP contribution in [0, 0.1) is 5.92 Å². The Morgan fingerprint density at radius 2 is 1.78 bits per heavy atom. The second-order valence-corrected chi connectivity index (χ2v) is 8.02. The molecule has 4 rings (SSSR count). The van der Waals surface area contributed by atoms with E-state index in [2.05, 4.69) is 41.0 Å². The van der Waals surface area contributed by atoms with Gasteiger partial charge in [0.15, 0.2) is 0 Å². The lowest BCUT2D eigenvalue weighted by Gasteiger charge is -2.20. The van der Waals surface area contributed by atoms with E-state index in [0.29, 0.717) is 6.54 Å². The van der Waals surface area contributed by atoms with Gasteiger partial charge in [0.05, 0.1) is 5.69 Å². The Balaban J connectivity index is 1.43. The summed E-state index contributed by atoms with van der Waals surface area (Å²) in [6.45, 7) is 0.583. The van der Waals surface area contributed by atoms with E-state index in [9.17, 15) is 4.79 Å². The molecule has 1 amide bonds. The Morgan fingerprint density at radius 1 is 1.00 bits per heavy atom. The van der Waals surface area contributed by atoms with Crippen LogP contribution >= 0.6 is 11.3 Å². The van der Waals surface area contributed by atoms with E-state index >= 15 is 0 Å². The predicted molar refractivity (Wildman–Crippen MR) is 111 cm³/mol. The molecule has 3 aromatic rings. The fourth-order valence-corrected chi connectivity index (χ4v) is 4.49. The first-order valence-corrected chi connectivity index (χ1v) is 10.6. The minimum absolute atomic E-state index is 0.203. The van der Waals surface area contributed by atoms with E-state index in [0.717, 1.165) is 40.2 Å². The molecule has 1 aromatic heterocycles. The summed E-state index contributed by atoms with van der Waals surface area (Å²) in [5, 5.41) is 6.23. The number of aromatic nitrogens is 1. The number of benzene rings is 2. The zero-order valence-electron chi connectivity index (χ0n) is 15.4. The van der Waals surface area contributed by atoms with Gasteiger partial charge in [0.1, 0.15) is 5.01 Å². The van der Waals surface area contributed by atoms with Crippen LogP contribution in [0.4, 0.5) is 0 Å². The third-order valence-electron chi connectivity index (χ3n) is 5.19. The molecule has 0 radical (unpaired) electrons. The van der Waals surface area contributed by atoms with E-state index in [4.69, 9.17) is 4.98 Å². The van der Waals surface area contributed by atoms with Crippen molar-refractivity contribution >= 4 is 17.2 Å². The van der Waals surface area contributed by atoms with Crippen LogP contribution in [-0.2, 0) is 11.3 Å². The molecular weight excluding hydrogens is 352 g/mol. The average Bonchev–Trinajstić information content (AvgIpc) is 3.24. The van der Waals surface area contributed by atoms with Crippen LogP contribution in [0.15, 0.2) is 60.0 Å². The lowest BCUT2D eigenvalue weighted by Crippen LogP contribution is -2.31. The highest BCUT2D eigenvalue weighted by atomic mass is 32.1. The minimum Gasteiger partial charge on any atom is -0.352 e. The van der Waals surface area contributed by atoms with Crippen molar-refractivity contribution in [2.24, 2.45) is 5.92 Å². The summed E-state index contributed by atoms with van der Waals surface area (Å²) in [4.78, 5) is 17.2. The first-order chi connectivity index (χ1) is 13.3. The van der Waals surface area contributed by atoms with Crippen LogP contribution in [0.25, 0.3) is 21.8 Å². The monoisotopic (exact) mass is 376 g/mol. The van der Waals surface area contributed by atoms with Gasteiger partial charge in [-0.2, -0.15) is 0 Å². The average molecular weight is 377 g/mol. The first kappa shape index (κ1) is 17.9. The number of hydrogen-bond acceptors (Lipinski definition) is 3. The molecule has 2 aromatic carbocycles. The van der Waals surface area contributed by atoms with Crippen molar-refractivity contribution in [3.05, 3.63) is 65.5 Å². The summed E-state index contributed by atoms with van der Waals surface area (Å²) in [5.74, 6) is 0.412. The van der Waals surface area contributed by atoms with Gasteiger partial charge < -0.3 is 5.32 Å². The number of carbonyl (C=O) groups is 1. The SMILES string of the molecule is O=C(NCc1cccc(-c2nc(-c3ccccc3)cs2)c1)C1CCCCC1. The van der Waals surface area contributed by atoms with Crippen molar-refractivity contribution in [2.45, 2.75) is 38.6 Å². The number of amides is 1. The normalized spacial score (nSPS) is 14.8. The third kappa shape index (κ3) is 4.45. The Labute approximate surface area is 164 Å². The van der Waals surface area contributed by atoms with Crippen LogP contribution in [0.3, 0.4) is 0 Å². The maximum atomic E-state index is 12.4. The van der Waals surface area contributed by atoms with Crippen molar-refractivity contribution in [1.82, 2.24) is 10.3 Å². The van der Waals surface area contributed by atoms with Gasteiger partial charge in [-0.3, -0.25) is 4.79 Å². The number of thiazole rings is 1. The fourth-order valence-electron chi connectivity index (χ4n) is 3.66. The second kappa shape index (κ2) is 8.49. The molecule has 1 aliphatic rings. The van der Waals surface area contributed by atoms with Crippen LogP contribution in [0.5, 0.6) is 0 Å². The van der Waals surface area contributed by atoms with Gasteiger partial charge in [-0.15, -0.1) is 11.3 Å². The molecule has 1 aliphatic carbocycles. The molecule has 1 heterocycles. The molecule has 4 heteroatoms. The minimum atomic E-state index is 0.203. The zero-order valence-corrected chi connectivity index (χ0v) is 16.2. The van der Waals surface area contributed by atoms with Crippen molar-refractivity contribution < 1.29 is 4.79 Å². The molecule has 0 saturated heterocycles. The van der Waals surface area contributed by atoms with Crippen molar-refractivity contribution in [2.75, 3.05) is 0 Å². The Morgan fingerprint density at radius 3 is 2.59 bits per heavy atom. The summed E-state index contributed by atoms with van der Waals surface area (Å²) in [7, 11) is 0. The molecule has 1 saturated carbocycles. The van der Waals surface area contributed by atoms with Gasteiger partial charge in [-0.25, -0.2) is 4.98 Å². The molecule has 3 nitrogen and oxygen atoms in total. The largest absolute Gasteiger partial charge is 0.352 e. The van der Waals surface area contributed by atoms with E-state index in [-0.39, 0.29) is 11.8 Å². The van der Waals surface area contributed by atoms with E-state index in [1.165, 1.54) is 19.3 Å². The number of hydrogen-bond donors (Lipinski definition) is 1. The third-order valence-corrected chi connectivity index (χ3v) is 6.08. The summed E-state index contributed by atoms with van der Waals surface area (Å²) >= 11 is 1.65. The summed E-state index contributed by atoms with van der Waals surface area (Å²) in [6.07, 6.45) is 5.70. The number of nitrogens with zero attached hydrogens (tertiary/aromatic N) is 1. The lowest BCUT2D eigenvalue weighted by molar-refractivity contribution is -0.126. The fraction of sp³-hybridized carbons (Fsp3) is 0.304. The molecule has 0 unspecified atom stereocenters. The quantitative estimate of drug-likeness (QED) is 0.623. The summed E-state index contributed by atoms with van der Waals surface area (Å²) in [5.41, 5.74) is 4.36. The first-order valence-electron chi connectivity index (χ1n) is 9.67. The molecule has 0 spiro atoms. The highest BCUT2D eigenvalue weighted by Crippen LogP contribution is 2.29. The van der Waals surface area contributed by atoms with Crippen LogP contribution < -0.4 is 5.32 Å². The predicted octanol–water partition coefficient (Wildman–Crippen LogP) is 5.67. The topological polar surface area (TPSA) is 42.0 Å². The lowest BCUT2D eigenvalue weighted by atomic mass is 9.88.